The number of fused-ring (bicyclic) bond motifs is 11. The van der Waals surface area contributed by atoms with Gasteiger partial charge in [-0.3, -0.25) is 0 Å². The van der Waals surface area contributed by atoms with Crippen LogP contribution in [0.2, 0.25) is 5.82 Å². The number of thiophene rings is 1. The number of rotatable bonds is 4. The average Bonchev–Trinajstić information content (AvgIpc) is 2.60. The Labute approximate surface area is 472 Å². The van der Waals surface area contributed by atoms with E-state index in [2.05, 4.69) is 282 Å². The van der Waals surface area contributed by atoms with E-state index in [9.17, 15) is 0 Å². The van der Waals surface area contributed by atoms with Crippen molar-refractivity contribution >= 4 is 62.4 Å². The molecule has 3 atom stereocenters. The second-order valence-corrected chi connectivity index (χ2v) is 30.6. The lowest BCUT2D eigenvalue weighted by Gasteiger charge is -2.55. The zero-order chi connectivity index (χ0) is 55.0. The summed E-state index contributed by atoms with van der Waals surface area (Å²) >= 11 is 2.18. The Morgan fingerprint density at radius 3 is 1.72 bits per heavy atom. The normalized spacial score (nSPS) is 22.1. The second-order valence-electron chi connectivity index (χ2n) is 29.6. The van der Waals surface area contributed by atoms with Crippen LogP contribution in [0.4, 0.5) is 34.1 Å². The Balaban J connectivity index is 1.21. The van der Waals surface area contributed by atoms with Crippen molar-refractivity contribution in [3.8, 4) is 11.1 Å². The Morgan fingerprint density at radius 1 is 0.551 bits per heavy atom. The zero-order valence-electron chi connectivity index (χ0n) is 49.7. The standard InChI is InChI=1S/C73H82BN3S/c1-67(2,3)45-27-31-50(32-28-45)76-57-36-30-47(69(7,8)9)42-55(57)74-63-58(76)43-51(75(48-23-19-17-20-24-48)49-25-21-18-22-26-49)44-59(63)77-56-35-29-46(68(4,5)6)41-52(56)60-53(33-34-54-61(60)71(12,13)38-37-70(54,10)11)73(16)40-39-72(14,15)65-62(73)64(77)66(74)78-65/h17-36,41-44,59,63H,37-40H2,1-16H3. The topological polar surface area (TPSA) is 9.72 Å². The van der Waals surface area contributed by atoms with Gasteiger partial charge in [-0.2, -0.15) is 11.3 Å². The van der Waals surface area contributed by atoms with Crippen molar-refractivity contribution in [1.29, 1.82) is 0 Å². The molecule has 3 aliphatic carbocycles. The van der Waals surface area contributed by atoms with E-state index >= 15 is 0 Å². The van der Waals surface area contributed by atoms with E-state index in [1.165, 1.54) is 89.7 Å². The van der Waals surface area contributed by atoms with Crippen molar-refractivity contribution in [3.63, 3.8) is 0 Å². The van der Waals surface area contributed by atoms with Crippen LogP contribution in [0.1, 0.15) is 180 Å². The maximum Gasteiger partial charge on any atom is 0.239 e. The molecule has 0 bridgehead atoms. The van der Waals surface area contributed by atoms with Gasteiger partial charge in [-0.05, 0) is 169 Å². The molecule has 0 radical (unpaired) electrons. The lowest BCUT2D eigenvalue weighted by atomic mass is 9.30. The maximum atomic E-state index is 2.97. The van der Waals surface area contributed by atoms with Gasteiger partial charge in [-0.25, -0.2) is 0 Å². The first kappa shape index (κ1) is 51.4. The Bertz CT molecular complexity index is 3600. The summed E-state index contributed by atoms with van der Waals surface area (Å²) < 4.78 is 1.54. The fraction of sp³-hybridized carbons (Fsp3) is 0.397. The molecule has 3 aliphatic heterocycles. The van der Waals surface area contributed by atoms with Gasteiger partial charge in [0.1, 0.15) is 0 Å². The van der Waals surface area contributed by atoms with Crippen LogP contribution in [0.25, 0.3) is 11.1 Å². The van der Waals surface area contributed by atoms with Crippen molar-refractivity contribution in [1.82, 2.24) is 0 Å². The highest BCUT2D eigenvalue weighted by molar-refractivity contribution is 7.27. The first-order chi connectivity index (χ1) is 36.7. The fourth-order valence-electron chi connectivity index (χ4n) is 15.1. The largest absolute Gasteiger partial charge is 0.333 e. The van der Waals surface area contributed by atoms with Crippen LogP contribution in [0, 0.1) is 0 Å². The van der Waals surface area contributed by atoms with Crippen molar-refractivity contribution in [2.45, 2.75) is 186 Å². The summed E-state index contributed by atoms with van der Waals surface area (Å²) in [5.74, 6) is 0.0724. The number of hydrogen-bond acceptors (Lipinski definition) is 4. The third-order valence-corrected chi connectivity index (χ3v) is 21.5. The van der Waals surface area contributed by atoms with Crippen LogP contribution in [0.15, 0.2) is 157 Å². The van der Waals surface area contributed by atoms with Gasteiger partial charge in [0.15, 0.2) is 0 Å². The van der Waals surface area contributed by atoms with E-state index in [-0.39, 0.29) is 56.5 Å². The van der Waals surface area contributed by atoms with Crippen molar-refractivity contribution in [2.75, 3.05) is 14.7 Å². The summed E-state index contributed by atoms with van der Waals surface area (Å²) in [6.45, 7) is 39.5. The molecule has 0 saturated carbocycles. The van der Waals surface area contributed by atoms with E-state index in [0.717, 1.165) is 30.6 Å². The molecule has 0 N–H and O–H groups in total. The van der Waals surface area contributed by atoms with Crippen LogP contribution in [-0.4, -0.2) is 12.8 Å². The first-order valence-electron chi connectivity index (χ1n) is 29.4. The molecule has 6 aromatic carbocycles. The van der Waals surface area contributed by atoms with E-state index < -0.39 is 0 Å². The van der Waals surface area contributed by atoms with Crippen LogP contribution < -0.4 is 24.9 Å². The molecule has 1 aromatic heterocycles. The first-order valence-corrected chi connectivity index (χ1v) is 30.2. The monoisotopic (exact) mass is 1040 g/mol. The number of anilines is 6. The summed E-state index contributed by atoms with van der Waals surface area (Å²) in [4.78, 5) is 9.78. The summed E-state index contributed by atoms with van der Waals surface area (Å²) in [5.41, 5.74) is 24.6. The van der Waals surface area contributed by atoms with Crippen LogP contribution in [0.5, 0.6) is 0 Å². The highest BCUT2D eigenvalue weighted by atomic mass is 32.1. The average molecular weight is 1040 g/mol. The van der Waals surface area contributed by atoms with E-state index in [1.807, 2.05) is 0 Å². The predicted molar refractivity (Wildman–Crippen MR) is 337 cm³/mol. The number of para-hydroxylation sites is 2. The summed E-state index contributed by atoms with van der Waals surface area (Å²) in [6.07, 6.45) is 9.89. The van der Waals surface area contributed by atoms with E-state index in [0.29, 0.717) is 0 Å². The molecule has 4 heterocycles. The maximum absolute atomic E-state index is 2.97. The Kier molecular flexibility index (Phi) is 11.2. The molecule has 6 aliphatic rings. The minimum absolute atomic E-state index is 0.00980. The van der Waals surface area contributed by atoms with Gasteiger partial charge in [0.05, 0.1) is 11.7 Å². The molecule has 3 nitrogen and oxygen atoms in total. The summed E-state index contributed by atoms with van der Waals surface area (Å²) in [5, 5.41) is 0. The van der Waals surface area contributed by atoms with Crippen LogP contribution >= 0.6 is 11.3 Å². The molecule has 7 aromatic rings. The fourth-order valence-corrected chi connectivity index (χ4v) is 16.8. The molecule has 0 fully saturated rings. The van der Waals surface area contributed by atoms with Crippen LogP contribution in [0.3, 0.4) is 0 Å². The van der Waals surface area contributed by atoms with Gasteiger partial charge in [0, 0.05) is 71.8 Å². The second kappa shape index (κ2) is 17.0. The van der Waals surface area contributed by atoms with Gasteiger partial charge in [0.25, 0.3) is 0 Å². The molecule has 0 spiro atoms. The highest BCUT2D eigenvalue weighted by Crippen LogP contribution is 2.65. The highest BCUT2D eigenvalue weighted by Gasteiger charge is 2.59. The third-order valence-electron chi connectivity index (χ3n) is 19.8. The van der Waals surface area contributed by atoms with Crippen molar-refractivity contribution < 1.29 is 0 Å². The third kappa shape index (κ3) is 7.62. The quantitative estimate of drug-likeness (QED) is 0.163. The summed E-state index contributed by atoms with van der Waals surface area (Å²) in [7, 11) is 0. The minimum Gasteiger partial charge on any atom is -0.333 e. The SMILES string of the molecule is CC(C)(C)c1ccc(N2C3=CC(N(c4ccccc4)c4ccccc4)=CC4C3B(c3cc(C(C)(C)C)ccc32)c2sc3c5c2N4c2ccc(C(C)(C)C)cc2-c2c(ccc4c2C(C)(C)CCC4(C)C)C5(C)CCC3(C)C)cc1. The molecule has 0 saturated heterocycles. The molecular formula is C73H82BN3S. The van der Waals surface area contributed by atoms with Gasteiger partial charge < -0.3 is 14.7 Å². The van der Waals surface area contributed by atoms with Crippen LogP contribution in [-0.2, 0) is 37.9 Å². The number of allylic oxidation sites excluding steroid dienone is 1. The lowest BCUT2D eigenvalue weighted by Crippen LogP contribution is -2.63. The van der Waals surface area contributed by atoms with Gasteiger partial charge in [-0.1, -0.05) is 190 Å². The van der Waals surface area contributed by atoms with Gasteiger partial charge >= 0.3 is 0 Å². The molecule has 3 unspecified atom stereocenters. The van der Waals surface area contributed by atoms with Crippen molar-refractivity contribution in [3.05, 3.63) is 201 Å². The number of hydrogen-bond donors (Lipinski definition) is 0. The minimum atomic E-state index is -0.247. The molecule has 78 heavy (non-hydrogen) atoms. The summed E-state index contributed by atoms with van der Waals surface area (Å²) in [6, 6.07) is 52.4. The van der Waals surface area contributed by atoms with E-state index in [4.69, 9.17) is 0 Å². The van der Waals surface area contributed by atoms with Gasteiger partial charge in [0.2, 0.25) is 6.71 Å². The number of benzene rings is 6. The molecule has 0 amide bonds. The van der Waals surface area contributed by atoms with E-state index in [1.54, 1.807) is 16.0 Å². The van der Waals surface area contributed by atoms with Gasteiger partial charge in [-0.15, -0.1) is 0 Å². The lowest BCUT2D eigenvalue weighted by molar-refractivity contribution is 0.329. The predicted octanol–water partition coefficient (Wildman–Crippen LogP) is 18.6. The Morgan fingerprint density at radius 2 is 1.10 bits per heavy atom. The van der Waals surface area contributed by atoms with Crippen molar-refractivity contribution in [2.24, 2.45) is 0 Å². The number of nitrogens with zero attached hydrogens (tertiary/aromatic N) is 3. The molecular weight excluding hydrogens is 962 g/mol. The zero-order valence-corrected chi connectivity index (χ0v) is 50.5. The smallest absolute Gasteiger partial charge is 0.239 e. The molecule has 5 heteroatoms. The molecule has 398 valence electrons. The molecule has 13 rings (SSSR count). The Hall–Kier alpha value is -6.04.